The van der Waals surface area contributed by atoms with Crippen LogP contribution in [0.25, 0.3) is 0 Å². The SMILES string of the molecule is Fc1c([C@@H]2CCON2)ccc(Cl)c1Cl. The van der Waals surface area contributed by atoms with Gasteiger partial charge in [0.2, 0.25) is 0 Å². The Balaban J connectivity index is 2.38. The van der Waals surface area contributed by atoms with Gasteiger partial charge in [-0.05, 0) is 12.5 Å². The van der Waals surface area contributed by atoms with Crippen LogP contribution in [0.5, 0.6) is 0 Å². The molecule has 0 unspecified atom stereocenters. The summed E-state index contributed by atoms with van der Waals surface area (Å²) >= 11 is 11.4. The van der Waals surface area contributed by atoms with Gasteiger partial charge in [-0.2, -0.15) is 5.48 Å². The first kappa shape index (κ1) is 10.2. The van der Waals surface area contributed by atoms with Crippen LogP contribution in [0.1, 0.15) is 18.0 Å². The van der Waals surface area contributed by atoms with Crippen molar-refractivity contribution >= 4 is 23.2 Å². The quantitative estimate of drug-likeness (QED) is 0.756. The monoisotopic (exact) mass is 235 g/mol. The highest BCUT2D eigenvalue weighted by atomic mass is 35.5. The van der Waals surface area contributed by atoms with E-state index in [1.807, 2.05) is 0 Å². The van der Waals surface area contributed by atoms with Crippen molar-refractivity contribution in [3.05, 3.63) is 33.6 Å². The molecule has 1 heterocycles. The van der Waals surface area contributed by atoms with E-state index in [1.165, 1.54) is 0 Å². The molecule has 1 N–H and O–H groups in total. The number of halogens is 3. The number of nitrogens with one attached hydrogen (secondary N) is 1. The standard InChI is InChI=1S/C9H8Cl2FNO/c10-6-2-1-5(9(12)8(6)11)7-3-4-14-13-7/h1-2,7,13H,3-4H2/t7-/m0/s1. The summed E-state index contributed by atoms with van der Waals surface area (Å²) in [5.41, 5.74) is 3.22. The highest BCUT2D eigenvalue weighted by Gasteiger charge is 2.22. The molecule has 76 valence electrons. The normalized spacial score (nSPS) is 21.5. The van der Waals surface area contributed by atoms with E-state index in [0.29, 0.717) is 12.2 Å². The van der Waals surface area contributed by atoms with Crippen LogP contribution >= 0.6 is 23.2 Å². The Morgan fingerprint density at radius 3 is 2.86 bits per heavy atom. The zero-order valence-corrected chi connectivity index (χ0v) is 8.70. The highest BCUT2D eigenvalue weighted by Crippen LogP contribution is 2.32. The fourth-order valence-electron chi connectivity index (χ4n) is 1.42. The Labute approximate surface area is 90.9 Å². The Hall–Kier alpha value is -0.350. The second kappa shape index (κ2) is 4.03. The average Bonchev–Trinajstić information content (AvgIpc) is 2.67. The lowest BCUT2D eigenvalue weighted by atomic mass is 10.1. The predicted octanol–water partition coefficient (Wildman–Crippen LogP) is 3.10. The molecule has 0 bridgehead atoms. The van der Waals surface area contributed by atoms with Gasteiger partial charge in [-0.15, -0.1) is 0 Å². The maximum Gasteiger partial charge on any atom is 0.148 e. The van der Waals surface area contributed by atoms with Gasteiger partial charge < -0.3 is 4.84 Å². The fraction of sp³-hybridized carbons (Fsp3) is 0.333. The van der Waals surface area contributed by atoms with Crippen molar-refractivity contribution in [1.29, 1.82) is 0 Å². The molecule has 0 spiro atoms. The largest absolute Gasteiger partial charge is 0.301 e. The molecular weight excluding hydrogens is 228 g/mol. The topological polar surface area (TPSA) is 21.3 Å². The minimum Gasteiger partial charge on any atom is -0.301 e. The van der Waals surface area contributed by atoms with Crippen LogP contribution < -0.4 is 5.48 Å². The van der Waals surface area contributed by atoms with Crippen LogP contribution in [-0.4, -0.2) is 6.61 Å². The Kier molecular flexibility index (Phi) is 2.93. The van der Waals surface area contributed by atoms with Crippen molar-refractivity contribution in [1.82, 2.24) is 5.48 Å². The second-order valence-corrected chi connectivity index (χ2v) is 3.86. The van der Waals surface area contributed by atoms with E-state index in [-0.39, 0.29) is 16.1 Å². The summed E-state index contributed by atoms with van der Waals surface area (Å²) in [6.07, 6.45) is 0.731. The summed E-state index contributed by atoms with van der Waals surface area (Å²) in [5.74, 6) is -0.470. The molecule has 1 aromatic rings. The lowest BCUT2D eigenvalue weighted by Crippen LogP contribution is -2.13. The van der Waals surface area contributed by atoms with E-state index in [4.69, 9.17) is 28.0 Å². The van der Waals surface area contributed by atoms with Crippen molar-refractivity contribution in [2.75, 3.05) is 6.61 Å². The Morgan fingerprint density at radius 2 is 2.21 bits per heavy atom. The number of hydrogen-bond donors (Lipinski definition) is 1. The van der Waals surface area contributed by atoms with Gasteiger partial charge >= 0.3 is 0 Å². The van der Waals surface area contributed by atoms with Crippen LogP contribution in [0, 0.1) is 5.82 Å². The van der Waals surface area contributed by atoms with Crippen LogP contribution in [0.15, 0.2) is 12.1 Å². The number of benzene rings is 1. The van der Waals surface area contributed by atoms with Gasteiger partial charge in [-0.3, -0.25) is 0 Å². The van der Waals surface area contributed by atoms with Crippen LogP contribution in [0.2, 0.25) is 10.0 Å². The molecule has 1 aromatic carbocycles. The smallest absolute Gasteiger partial charge is 0.148 e. The van der Waals surface area contributed by atoms with Gasteiger partial charge in [0, 0.05) is 5.56 Å². The number of rotatable bonds is 1. The van der Waals surface area contributed by atoms with Gasteiger partial charge in [0.1, 0.15) is 5.82 Å². The minimum atomic E-state index is -0.470. The van der Waals surface area contributed by atoms with Crippen molar-refractivity contribution in [3.8, 4) is 0 Å². The van der Waals surface area contributed by atoms with Crippen molar-refractivity contribution in [2.24, 2.45) is 0 Å². The molecule has 2 nitrogen and oxygen atoms in total. The van der Waals surface area contributed by atoms with Crippen LogP contribution in [0.3, 0.4) is 0 Å². The van der Waals surface area contributed by atoms with E-state index in [9.17, 15) is 4.39 Å². The van der Waals surface area contributed by atoms with Crippen LogP contribution in [0.4, 0.5) is 4.39 Å². The van der Waals surface area contributed by atoms with Crippen molar-refractivity contribution < 1.29 is 9.23 Å². The summed E-state index contributed by atoms with van der Waals surface area (Å²) < 4.78 is 13.6. The summed E-state index contributed by atoms with van der Waals surface area (Å²) in [7, 11) is 0. The van der Waals surface area contributed by atoms with Crippen molar-refractivity contribution in [2.45, 2.75) is 12.5 Å². The zero-order valence-electron chi connectivity index (χ0n) is 7.19. The third-order valence-electron chi connectivity index (χ3n) is 2.17. The van der Waals surface area contributed by atoms with E-state index in [1.54, 1.807) is 12.1 Å². The molecule has 1 aliphatic rings. The molecule has 1 aliphatic heterocycles. The summed E-state index contributed by atoms with van der Waals surface area (Å²) in [6.45, 7) is 0.574. The third-order valence-corrected chi connectivity index (χ3v) is 2.96. The molecule has 0 saturated carbocycles. The number of hydroxylamine groups is 1. The van der Waals surface area contributed by atoms with E-state index < -0.39 is 5.82 Å². The van der Waals surface area contributed by atoms with Crippen LogP contribution in [-0.2, 0) is 4.84 Å². The average molecular weight is 236 g/mol. The van der Waals surface area contributed by atoms with E-state index in [2.05, 4.69) is 5.48 Å². The molecule has 1 atom stereocenters. The first-order valence-corrected chi connectivity index (χ1v) is 4.96. The van der Waals surface area contributed by atoms with Gasteiger partial charge in [-0.1, -0.05) is 29.3 Å². The molecule has 2 rings (SSSR count). The minimum absolute atomic E-state index is 0.0298. The summed E-state index contributed by atoms with van der Waals surface area (Å²) in [5, 5.41) is 0.199. The number of hydrogen-bond acceptors (Lipinski definition) is 2. The van der Waals surface area contributed by atoms with Gasteiger partial charge in [0.15, 0.2) is 0 Å². The molecule has 0 radical (unpaired) electrons. The molecule has 1 saturated heterocycles. The van der Waals surface area contributed by atoms with Gasteiger partial charge in [0.05, 0.1) is 22.7 Å². The van der Waals surface area contributed by atoms with Gasteiger partial charge in [-0.25, -0.2) is 4.39 Å². The van der Waals surface area contributed by atoms with Crippen molar-refractivity contribution in [3.63, 3.8) is 0 Å². The molecule has 0 amide bonds. The molecule has 5 heteroatoms. The first-order valence-electron chi connectivity index (χ1n) is 4.21. The van der Waals surface area contributed by atoms with Gasteiger partial charge in [0.25, 0.3) is 0 Å². The highest BCUT2D eigenvalue weighted by molar-refractivity contribution is 6.42. The molecule has 0 aliphatic carbocycles. The third kappa shape index (κ3) is 1.73. The first-order chi connectivity index (χ1) is 6.70. The maximum atomic E-state index is 13.6. The molecule has 14 heavy (non-hydrogen) atoms. The molecule has 0 aromatic heterocycles. The summed E-state index contributed by atoms with van der Waals surface area (Å²) in [4.78, 5) is 4.94. The predicted molar refractivity (Wildman–Crippen MR) is 52.9 cm³/mol. The lowest BCUT2D eigenvalue weighted by molar-refractivity contribution is 0.0877. The summed E-state index contributed by atoms with van der Waals surface area (Å²) in [6, 6.07) is 3.07. The van der Waals surface area contributed by atoms with E-state index >= 15 is 0 Å². The molecule has 1 fully saturated rings. The second-order valence-electron chi connectivity index (χ2n) is 3.07. The lowest BCUT2D eigenvalue weighted by Gasteiger charge is -2.11. The fourth-order valence-corrected chi connectivity index (χ4v) is 1.74. The molecular formula is C9H8Cl2FNO. The zero-order chi connectivity index (χ0) is 10.1. The maximum absolute atomic E-state index is 13.6. The Morgan fingerprint density at radius 1 is 1.43 bits per heavy atom. The Bertz CT molecular complexity index is 353. The van der Waals surface area contributed by atoms with E-state index in [0.717, 1.165) is 6.42 Å².